The Morgan fingerprint density at radius 2 is 1.93 bits per heavy atom. The molecule has 6 heteroatoms. The lowest BCUT2D eigenvalue weighted by atomic mass is 10.0. The van der Waals surface area contributed by atoms with E-state index in [9.17, 15) is 9.59 Å². The molecular weight excluding hydrogens is 390 g/mol. The molecule has 0 N–H and O–H groups in total. The Kier molecular flexibility index (Phi) is 6.20. The van der Waals surface area contributed by atoms with E-state index in [4.69, 9.17) is 21.1 Å². The first-order chi connectivity index (χ1) is 14.0. The number of anilines is 1. The summed E-state index contributed by atoms with van der Waals surface area (Å²) in [6.07, 6.45) is 3.33. The van der Waals surface area contributed by atoms with Crippen molar-refractivity contribution >= 4 is 35.2 Å². The van der Waals surface area contributed by atoms with E-state index in [1.54, 1.807) is 55.5 Å². The summed E-state index contributed by atoms with van der Waals surface area (Å²) >= 11 is 6.08. The fraction of sp³-hybridized carbons (Fsp3) is 0.130. The Labute approximate surface area is 174 Å². The number of nitrogens with zero attached hydrogens (tertiary/aromatic N) is 1. The third-order valence-corrected chi connectivity index (χ3v) is 4.65. The Morgan fingerprint density at radius 1 is 1.21 bits per heavy atom. The van der Waals surface area contributed by atoms with Gasteiger partial charge in [-0.05, 0) is 48.9 Å². The largest absolute Gasteiger partial charge is 0.490 e. The number of carbonyl (C=O) groups excluding carboxylic acids is 2. The number of esters is 1. The lowest BCUT2D eigenvalue weighted by Crippen LogP contribution is -2.24. The highest BCUT2D eigenvalue weighted by atomic mass is 35.5. The molecule has 0 bridgehead atoms. The Morgan fingerprint density at radius 3 is 2.55 bits per heavy atom. The zero-order valence-corrected chi connectivity index (χ0v) is 16.9. The highest BCUT2D eigenvalue weighted by Crippen LogP contribution is 2.36. The van der Waals surface area contributed by atoms with Gasteiger partial charge in [0.05, 0.1) is 23.9 Å². The molecular formula is C23H20ClNO4. The van der Waals surface area contributed by atoms with Crippen LogP contribution in [0.2, 0.25) is 5.02 Å². The Bertz CT molecular complexity index is 1020. The average Bonchev–Trinajstić information content (AvgIpc) is 2.96. The second kappa shape index (κ2) is 8.80. The molecule has 0 saturated heterocycles. The number of ether oxygens (including phenoxy) is 2. The van der Waals surface area contributed by atoms with E-state index in [1.807, 2.05) is 12.1 Å². The SMILES string of the molecule is C=CCOc1ccc(/C=C2\C(=O)N(c3cccc(Cl)c3)C(C)=C2C(=O)OC)cc1. The number of allylic oxidation sites excluding steroid dienone is 1. The van der Waals surface area contributed by atoms with Crippen LogP contribution in [0.1, 0.15) is 12.5 Å². The van der Waals surface area contributed by atoms with Gasteiger partial charge in [-0.3, -0.25) is 9.69 Å². The molecule has 5 nitrogen and oxygen atoms in total. The summed E-state index contributed by atoms with van der Waals surface area (Å²) in [5.74, 6) is -0.208. The van der Waals surface area contributed by atoms with Crippen molar-refractivity contribution in [2.45, 2.75) is 6.92 Å². The minimum atomic E-state index is -0.572. The van der Waals surface area contributed by atoms with Crippen molar-refractivity contribution in [2.75, 3.05) is 18.6 Å². The van der Waals surface area contributed by atoms with E-state index in [2.05, 4.69) is 6.58 Å². The molecule has 0 aromatic heterocycles. The van der Waals surface area contributed by atoms with Gasteiger partial charge in [-0.25, -0.2) is 4.79 Å². The van der Waals surface area contributed by atoms with Crippen molar-refractivity contribution < 1.29 is 19.1 Å². The van der Waals surface area contributed by atoms with Gasteiger partial charge in [-0.15, -0.1) is 0 Å². The van der Waals surface area contributed by atoms with E-state index in [0.717, 1.165) is 5.56 Å². The number of hydrogen-bond donors (Lipinski definition) is 0. The van der Waals surface area contributed by atoms with Gasteiger partial charge in [-0.1, -0.05) is 42.5 Å². The zero-order chi connectivity index (χ0) is 21.0. The first-order valence-corrected chi connectivity index (χ1v) is 9.29. The zero-order valence-electron chi connectivity index (χ0n) is 16.1. The Balaban J connectivity index is 2.02. The number of carbonyl (C=O) groups is 2. The third kappa shape index (κ3) is 4.25. The van der Waals surface area contributed by atoms with Gasteiger partial charge in [0, 0.05) is 10.7 Å². The molecule has 0 radical (unpaired) electrons. The van der Waals surface area contributed by atoms with Crippen LogP contribution in [0.3, 0.4) is 0 Å². The van der Waals surface area contributed by atoms with Crippen molar-refractivity contribution in [1.29, 1.82) is 0 Å². The quantitative estimate of drug-likeness (QED) is 0.391. The molecule has 0 atom stereocenters. The van der Waals surface area contributed by atoms with Crippen molar-refractivity contribution in [3.8, 4) is 5.75 Å². The third-order valence-electron chi connectivity index (χ3n) is 4.41. The topological polar surface area (TPSA) is 55.8 Å². The number of benzene rings is 2. The fourth-order valence-corrected chi connectivity index (χ4v) is 3.27. The van der Waals surface area contributed by atoms with Gasteiger partial charge in [0.25, 0.3) is 5.91 Å². The van der Waals surface area contributed by atoms with Crippen molar-refractivity contribution in [3.05, 3.63) is 88.6 Å². The van der Waals surface area contributed by atoms with Crippen LogP contribution in [0.5, 0.6) is 5.75 Å². The molecule has 0 fully saturated rings. The number of methoxy groups -OCH3 is 1. The van der Waals surface area contributed by atoms with Crippen LogP contribution < -0.4 is 9.64 Å². The predicted octanol–water partition coefficient (Wildman–Crippen LogP) is 4.78. The van der Waals surface area contributed by atoms with E-state index in [1.165, 1.54) is 12.0 Å². The van der Waals surface area contributed by atoms with Crippen molar-refractivity contribution in [1.82, 2.24) is 0 Å². The van der Waals surface area contributed by atoms with Crippen LogP contribution in [0.15, 0.2) is 78.0 Å². The molecule has 1 heterocycles. The minimum Gasteiger partial charge on any atom is -0.490 e. The summed E-state index contributed by atoms with van der Waals surface area (Å²) in [5.41, 5.74) is 2.30. The maximum Gasteiger partial charge on any atom is 0.340 e. The smallest absolute Gasteiger partial charge is 0.340 e. The molecule has 0 aliphatic carbocycles. The fourth-order valence-electron chi connectivity index (χ4n) is 3.09. The summed E-state index contributed by atoms with van der Waals surface area (Å²) in [4.78, 5) is 27.1. The summed E-state index contributed by atoms with van der Waals surface area (Å²) in [6, 6.07) is 14.1. The maximum absolute atomic E-state index is 13.2. The van der Waals surface area contributed by atoms with Crippen LogP contribution >= 0.6 is 11.6 Å². The van der Waals surface area contributed by atoms with Gasteiger partial charge in [0.2, 0.25) is 0 Å². The van der Waals surface area contributed by atoms with Crippen molar-refractivity contribution in [3.63, 3.8) is 0 Å². The summed E-state index contributed by atoms with van der Waals surface area (Å²) in [6.45, 7) is 5.72. The monoisotopic (exact) mass is 409 g/mol. The molecule has 0 unspecified atom stereocenters. The number of hydrogen-bond acceptors (Lipinski definition) is 4. The van der Waals surface area contributed by atoms with E-state index in [-0.39, 0.29) is 17.1 Å². The van der Waals surface area contributed by atoms with Gasteiger partial charge in [0.1, 0.15) is 12.4 Å². The number of halogens is 1. The molecule has 29 heavy (non-hydrogen) atoms. The molecule has 148 valence electrons. The first kappa shape index (κ1) is 20.4. The van der Waals surface area contributed by atoms with Crippen LogP contribution in [-0.2, 0) is 14.3 Å². The highest BCUT2D eigenvalue weighted by molar-refractivity contribution is 6.31. The lowest BCUT2D eigenvalue weighted by Gasteiger charge is -2.18. The minimum absolute atomic E-state index is 0.226. The molecule has 1 aliphatic heterocycles. The van der Waals surface area contributed by atoms with Gasteiger partial charge < -0.3 is 9.47 Å². The second-order valence-electron chi connectivity index (χ2n) is 6.30. The molecule has 3 rings (SSSR count). The number of amides is 1. The molecule has 2 aromatic carbocycles. The standard InChI is InChI=1S/C23H20ClNO4/c1-4-12-29-19-10-8-16(9-11-19)13-20-21(23(27)28-3)15(2)25(22(20)26)18-7-5-6-17(24)14-18/h4-11,13-14H,1,12H2,2-3H3/b20-13-. The van der Waals surface area contributed by atoms with E-state index < -0.39 is 5.97 Å². The average molecular weight is 410 g/mol. The van der Waals surface area contributed by atoms with E-state index >= 15 is 0 Å². The molecule has 1 amide bonds. The van der Waals surface area contributed by atoms with Gasteiger partial charge >= 0.3 is 5.97 Å². The highest BCUT2D eigenvalue weighted by Gasteiger charge is 2.37. The van der Waals surface area contributed by atoms with Crippen LogP contribution in [0.4, 0.5) is 5.69 Å². The van der Waals surface area contributed by atoms with E-state index in [0.29, 0.717) is 28.8 Å². The normalized spacial score (nSPS) is 15.1. The lowest BCUT2D eigenvalue weighted by molar-refractivity contribution is -0.136. The molecule has 2 aromatic rings. The van der Waals surface area contributed by atoms with Crippen LogP contribution in [0, 0.1) is 0 Å². The van der Waals surface area contributed by atoms with Crippen LogP contribution in [0.25, 0.3) is 6.08 Å². The Hall–Kier alpha value is -3.31. The second-order valence-corrected chi connectivity index (χ2v) is 6.74. The summed E-state index contributed by atoms with van der Waals surface area (Å²) in [7, 11) is 1.29. The van der Waals surface area contributed by atoms with Gasteiger partial charge in [-0.2, -0.15) is 0 Å². The molecule has 1 aliphatic rings. The number of rotatable bonds is 6. The first-order valence-electron chi connectivity index (χ1n) is 8.91. The van der Waals surface area contributed by atoms with Crippen LogP contribution in [-0.4, -0.2) is 25.6 Å². The molecule has 0 saturated carbocycles. The summed E-state index contributed by atoms with van der Waals surface area (Å²) in [5, 5.41) is 0.496. The maximum atomic E-state index is 13.2. The summed E-state index contributed by atoms with van der Waals surface area (Å²) < 4.78 is 10.4. The predicted molar refractivity (Wildman–Crippen MR) is 114 cm³/mol. The van der Waals surface area contributed by atoms with Gasteiger partial charge in [0.15, 0.2) is 0 Å². The van der Waals surface area contributed by atoms with Crippen molar-refractivity contribution in [2.24, 2.45) is 0 Å². The molecule has 0 spiro atoms.